The quantitative estimate of drug-likeness (QED) is 0.296. The van der Waals surface area contributed by atoms with Crippen LogP contribution < -0.4 is 15.0 Å². The maximum atomic E-state index is 13.2. The Morgan fingerprint density at radius 2 is 1.61 bits per heavy atom. The van der Waals surface area contributed by atoms with Gasteiger partial charge in [0.25, 0.3) is 11.8 Å². The van der Waals surface area contributed by atoms with Crippen molar-refractivity contribution in [3.8, 4) is 5.75 Å². The highest BCUT2D eigenvalue weighted by atomic mass is 16.5. The first-order chi connectivity index (χ1) is 17.4. The Balaban J connectivity index is 1.35. The number of nitrogens with zero attached hydrogens (tertiary/aromatic N) is 1. The molecule has 0 atom stereocenters. The molecule has 1 fully saturated rings. The van der Waals surface area contributed by atoms with E-state index >= 15 is 0 Å². The van der Waals surface area contributed by atoms with Crippen LogP contribution in [0.15, 0.2) is 90.5 Å². The molecule has 36 heavy (non-hydrogen) atoms. The third kappa shape index (κ3) is 4.49. The van der Waals surface area contributed by atoms with Gasteiger partial charge in [0.05, 0.1) is 5.69 Å². The molecular formula is C30H24N2O4. The maximum Gasteiger partial charge on any atom is 0.335 e. The highest BCUT2D eigenvalue weighted by Gasteiger charge is 2.37. The lowest BCUT2D eigenvalue weighted by Gasteiger charge is -2.27. The summed E-state index contributed by atoms with van der Waals surface area (Å²) >= 11 is 0. The van der Waals surface area contributed by atoms with Crippen LogP contribution in [0.1, 0.15) is 22.3 Å². The second kappa shape index (κ2) is 9.50. The number of amides is 4. The highest BCUT2D eigenvalue weighted by molar-refractivity contribution is 6.39. The molecule has 178 valence electrons. The van der Waals surface area contributed by atoms with E-state index in [4.69, 9.17) is 4.74 Å². The van der Waals surface area contributed by atoms with Gasteiger partial charge in [-0.3, -0.25) is 14.9 Å². The zero-order valence-corrected chi connectivity index (χ0v) is 19.9. The van der Waals surface area contributed by atoms with Crippen molar-refractivity contribution < 1.29 is 19.1 Å². The molecule has 4 aromatic rings. The minimum Gasteiger partial charge on any atom is -0.489 e. The van der Waals surface area contributed by atoms with Crippen LogP contribution in [0.3, 0.4) is 0 Å². The molecule has 1 N–H and O–H groups in total. The molecule has 1 saturated heterocycles. The number of ether oxygens (including phenoxy) is 1. The highest BCUT2D eigenvalue weighted by Crippen LogP contribution is 2.27. The van der Waals surface area contributed by atoms with Crippen LogP contribution in [-0.4, -0.2) is 17.8 Å². The molecule has 0 bridgehead atoms. The fraction of sp³-hybridized carbons (Fsp3) is 0.100. The van der Waals surface area contributed by atoms with Gasteiger partial charge in [-0.2, -0.15) is 0 Å². The number of nitrogens with one attached hydrogen (secondary N) is 1. The molecule has 0 spiro atoms. The van der Waals surface area contributed by atoms with Crippen LogP contribution in [0.2, 0.25) is 0 Å². The molecule has 1 heterocycles. The number of anilines is 1. The van der Waals surface area contributed by atoms with E-state index in [-0.39, 0.29) is 5.57 Å². The summed E-state index contributed by atoms with van der Waals surface area (Å²) in [5.74, 6) is -0.715. The Morgan fingerprint density at radius 3 is 2.42 bits per heavy atom. The number of carbonyl (C=O) groups excluding carboxylic acids is 3. The van der Waals surface area contributed by atoms with E-state index in [9.17, 15) is 14.4 Å². The van der Waals surface area contributed by atoms with Gasteiger partial charge < -0.3 is 4.74 Å². The normalized spacial score (nSPS) is 14.9. The number of imide groups is 2. The van der Waals surface area contributed by atoms with Gasteiger partial charge in [-0.25, -0.2) is 9.69 Å². The SMILES string of the molecule is Cc1ccc(C)c(N2C(=O)NC(=O)/C(=C\c3ccc(OCc4cccc5ccccc45)cc3)C2=O)c1. The summed E-state index contributed by atoms with van der Waals surface area (Å²) in [6.45, 7) is 4.10. The van der Waals surface area contributed by atoms with Crippen molar-refractivity contribution in [3.63, 3.8) is 0 Å². The van der Waals surface area contributed by atoms with Crippen molar-refractivity contribution in [1.82, 2.24) is 5.32 Å². The van der Waals surface area contributed by atoms with E-state index in [0.29, 0.717) is 23.6 Å². The zero-order chi connectivity index (χ0) is 25.2. The third-order valence-electron chi connectivity index (χ3n) is 6.17. The van der Waals surface area contributed by atoms with Crippen molar-refractivity contribution in [2.24, 2.45) is 0 Å². The van der Waals surface area contributed by atoms with Gasteiger partial charge in [-0.1, -0.05) is 66.7 Å². The van der Waals surface area contributed by atoms with Crippen LogP contribution in [0, 0.1) is 13.8 Å². The molecule has 1 aliphatic rings. The fourth-order valence-electron chi connectivity index (χ4n) is 4.24. The van der Waals surface area contributed by atoms with E-state index in [0.717, 1.165) is 32.4 Å². The van der Waals surface area contributed by atoms with E-state index in [1.165, 1.54) is 6.08 Å². The Kier molecular flexibility index (Phi) is 6.09. The summed E-state index contributed by atoms with van der Waals surface area (Å²) in [6.07, 6.45) is 1.48. The second-order valence-electron chi connectivity index (χ2n) is 8.74. The van der Waals surface area contributed by atoms with Crippen molar-refractivity contribution in [3.05, 3.63) is 113 Å². The van der Waals surface area contributed by atoms with Gasteiger partial charge >= 0.3 is 6.03 Å². The van der Waals surface area contributed by atoms with Crippen LogP contribution in [-0.2, 0) is 16.2 Å². The number of benzene rings is 4. The number of hydrogen-bond donors (Lipinski definition) is 1. The Bertz CT molecular complexity index is 1530. The number of barbiturate groups is 1. The van der Waals surface area contributed by atoms with E-state index in [2.05, 4.69) is 23.5 Å². The first kappa shape index (κ1) is 23.1. The summed E-state index contributed by atoms with van der Waals surface area (Å²) in [6, 6.07) is 26.1. The smallest absolute Gasteiger partial charge is 0.335 e. The van der Waals surface area contributed by atoms with Gasteiger partial charge in [0, 0.05) is 0 Å². The molecule has 0 unspecified atom stereocenters. The van der Waals surface area contributed by atoms with E-state index in [1.54, 1.807) is 30.3 Å². The van der Waals surface area contributed by atoms with Gasteiger partial charge in [-0.15, -0.1) is 0 Å². The summed E-state index contributed by atoms with van der Waals surface area (Å²) in [4.78, 5) is 39.2. The standard InChI is InChI=1S/C30H24N2O4/c1-19-10-11-20(2)27(16-19)32-29(34)26(28(33)31-30(32)35)17-21-12-14-24(15-13-21)36-18-23-8-5-7-22-6-3-4-9-25(22)23/h3-17H,18H2,1-2H3,(H,31,33,35)/b26-17+. The third-order valence-corrected chi connectivity index (χ3v) is 6.17. The lowest BCUT2D eigenvalue weighted by Crippen LogP contribution is -2.54. The number of carbonyl (C=O) groups is 3. The summed E-state index contributed by atoms with van der Waals surface area (Å²) in [7, 11) is 0. The van der Waals surface area contributed by atoms with Gasteiger partial charge in [0.1, 0.15) is 17.9 Å². The molecule has 0 radical (unpaired) electrons. The number of fused-ring (bicyclic) bond motifs is 1. The predicted molar refractivity (Wildman–Crippen MR) is 140 cm³/mol. The van der Waals surface area contributed by atoms with Crippen molar-refractivity contribution in [2.75, 3.05) is 4.90 Å². The van der Waals surface area contributed by atoms with E-state index in [1.807, 2.05) is 50.2 Å². The van der Waals surface area contributed by atoms with Crippen LogP contribution in [0.4, 0.5) is 10.5 Å². The molecule has 0 saturated carbocycles. The summed E-state index contributed by atoms with van der Waals surface area (Å²) < 4.78 is 5.98. The first-order valence-corrected chi connectivity index (χ1v) is 11.6. The second-order valence-corrected chi connectivity index (χ2v) is 8.74. The number of urea groups is 1. The number of hydrogen-bond acceptors (Lipinski definition) is 4. The minimum absolute atomic E-state index is 0.111. The van der Waals surface area contributed by atoms with Crippen LogP contribution >= 0.6 is 0 Å². The fourth-order valence-corrected chi connectivity index (χ4v) is 4.24. The average molecular weight is 477 g/mol. The van der Waals surface area contributed by atoms with Crippen molar-refractivity contribution in [2.45, 2.75) is 20.5 Å². The Hall–Kier alpha value is -4.71. The molecule has 1 aliphatic heterocycles. The number of rotatable bonds is 5. The topological polar surface area (TPSA) is 75.7 Å². The Labute approximate surface area is 208 Å². The zero-order valence-electron chi connectivity index (χ0n) is 19.9. The lowest BCUT2D eigenvalue weighted by molar-refractivity contribution is -0.122. The largest absolute Gasteiger partial charge is 0.489 e. The summed E-state index contributed by atoms with van der Waals surface area (Å²) in [5.41, 5.74) is 3.72. The Morgan fingerprint density at radius 1 is 0.861 bits per heavy atom. The molecule has 5 rings (SSSR count). The minimum atomic E-state index is -0.756. The molecule has 4 aromatic carbocycles. The maximum absolute atomic E-state index is 13.2. The van der Waals surface area contributed by atoms with Gasteiger partial charge in [-0.05, 0) is 71.1 Å². The van der Waals surface area contributed by atoms with E-state index < -0.39 is 17.8 Å². The lowest BCUT2D eigenvalue weighted by atomic mass is 10.0. The van der Waals surface area contributed by atoms with Crippen LogP contribution in [0.25, 0.3) is 16.8 Å². The molecule has 6 heteroatoms. The molecule has 0 aliphatic carbocycles. The van der Waals surface area contributed by atoms with Crippen LogP contribution in [0.5, 0.6) is 5.75 Å². The van der Waals surface area contributed by atoms with Gasteiger partial charge in [0.15, 0.2) is 0 Å². The van der Waals surface area contributed by atoms with Crippen molar-refractivity contribution in [1.29, 1.82) is 0 Å². The first-order valence-electron chi connectivity index (χ1n) is 11.6. The number of aryl methyl sites for hydroxylation is 2. The molecular weight excluding hydrogens is 452 g/mol. The van der Waals surface area contributed by atoms with Crippen molar-refractivity contribution >= 4 is 40.4 Å². The monoisotopic (exact) mass is 476 g/mol. The summed E-state index contributed by atoms with van der Waals surface area (Å²) in [5, 5.41) is 4.58. The van der Waals surface area contributed by atoms with Gasteiger partial charge in [0.2, 0.25) is 0 Å². The molecule has 4 amide bonds. The predicted octanol–water partition coefficient (Wildman–Crippen LogP) is 5.70. The molecule has 6 nitrogen and oxygen atoms in total. The molecule has 0 aromatic heterocycles. The average Bonchev–Trinajstić information content (AvgIpc) is 2.88.